The van der Waals surface area contributed by atoms with Crippen LogP contribution in [0.5, 0.6) is 0 Å². The number of hydrogen-bond acceptors (Lipinski definition) is 2. The van der Waals surface area contributed by atoms with Crippen LogP contribution in [0.1, 0.15) is 23.6 Å². The van der Waals surface area contributed by atoms with Gasteiger partial charge in [0.25, 0.3) is 0 Å². The van der Waals surface area contributed by atoms with Gasteiger partial charge < -0.3 is 15.1 Å². The van der Waals surface area contributed by atoms with Crippen molar-refractivity contribution in [3.8, 4) is 0 Å². The maximum absolute atomic E-state index is 12.5. The van der Waals surface area contributed by atoms with Crippen molar-refractivity contribution in [2.75, 3.05) is 36.4 Å². The summed E-state index contributed by atoms with van der Waals surface area (Å²) in [6.07, 6.45) is 1.01. The summed E-state index contributed by atoms with van der Waals surface area (Å²) in [5.41, 5.74) is 6.06. The third-order valence-electron chi connectivity index (χ3n) is 4.94. The number of rotatable bonds is 3. The monoisotopic (exact) mass is 337 g/mol. The Balaban J connectivity index is 1.59. The summed E-state index contributed by atoms with van der Waals surface area (Å²) in [5.74, 6) is 0. The van der Waals surface area contributed by atoms with Crippen molar-refractivity contribution < 1.29 is 4.79 Å². The Morgan fingerprint density at radius 2 is 1.56 bits per heavy atom. The van der Waals surface area contributed by atoms with Gasteiger partial charge in [0, 0.05) is 37.6 Å². The molecule has 0 aliphatic carbocycles. The molecule has 0 radical (unpaired) electrons. The van der Waals surface area contributed by atoms with Crippen LogP contribution in [0.4, 0.5) is 16.2 Å². The number of piperazine rings is 1. The number of para-hydroxylation sites is 1. The molecule has 1 fully saturated rings. The van der Waals surface area contributed by atoms with E-state index in [9.17, 15) is 4.79 Å². The summed E-state index contributed by atoms with van der Waals surface area (Å²) in [5, 5.41) is 3.01. The van der Waals surface area contributed by atoms with E-state index in [1.165, 1.54) is 22.4 Å². The fraction of sp³-hybridized carbons (Fsp3) is 0.381. The van der Waals surface area contributed by atoms with E-state index in [0.29, 0.717) is 0 Å². The molecule has 2 aromatic rings. The number of urea groups is 1. The van der Waals surface area contributed by atoms with Gasteiger partial charge in [-0.3, -0.25) is 0 Å². The van der Waals surface area contributed by atoms with Crippen LogP contribution in [0.25, 0.3) is 0 Å². The quantitative estimate of drug-likeness (QED) is 0.910. The minimum Gasteiger partial charge on any atom is -0.368 e. The van der Waals surface area contributed by atoms with Crippen molar-refractivity contribution in [2.24, 2.45) is 0 Å². The second kappa shape index (κ2) is 7.60. The van der Waals surface area contributed by atoms with Crippen LogP contribution >= 0.6 is 0 Å². The van der Waals surface area contributed by atoms with Crippen LogP contribution in [-0.4, -0.2) is 37.1 Å². The Bertz CT molecular complexity index is 711. The van der Waals surface area contributed by atoms with E-state index >= 15 is 0 Å². The molecule has 132 valence electrons. The van der Waals surface area contributed by atoms with Crippen molar-refractivity contribution in [1.29, 1.82) is 0 Å². The largest absolute Gasteiger partial charge is 0.368 e. The molecular weight excluding hydrogens is 310 g/mol. The van der Waals surface area contributed by atoms with E-state index in [0.717, 1.165) is 38.3 Å². The second-order valence-electron chi connectivity index (χ2n) is 6.70. The molecule has 4 heteroatoms. The predicted octanol–water partition coefficient (Wildman–Crippen LogP) is 4.22. The first-order chi connectivity index (χ1) is 12.1. The van der Waals surface area contributed by atoms with Gasteiger partial charge in [0.2, 0.25) is 0 Å². The summed E-state index contributed by atoms with van der Waals surface area (Å²) < 4.78 is 0. The smallest absolute Gasteiger partial charge is 0.321 e. The molecule has 1 saturated heterocycles. The normalized spacial score (nSPS) is 14.5. The molecule has 0 aromatic heterocycles. The summed E-state index contributed by atoms with van der Waals surface area (Å²) in [6.45, 7) is 9.66. The molecule has 4 nitrogen and oxygen atoms in total. The third-order valence-corrected chi connectivity index (χ3v) is 4.94. The molecule has 3 rings (SSSR count). The van der Waals surface area contributed by atoms with Gasteiger partial charge >= 0.3 is 6.03 Å². The van der Waals surface area contributed by atoms with Gasteiger partial charge in [-0.1, -0.05) is 37.3 Å². The van der Waals surface area contributed by atoms with Crippen LogP contribution in [0.3, 0.4) is 0 Å². The topological polar surface area (TPSA) is 35.6 Å². The summed E-state index contributed by atoms with van der Waals surface area (Å²) >= 11 is 0. The third kappa shape index (κ3) is 3.95. The molecule has 1 aliphatic rings. The van der Waals surface area contributed by atoms with Crippen LogP contribution in [-0.2, 0) is 6.42 Å². The van der Waals surface area contributed by atoms with E-state index in [1.54, 1.807) is 0 Å². The average Bonchev–Trinajstić information content (AvgIpc) is 2.63. The maximum Gasteiger partial charge on any atom is 0.321 e. The van der Waals surface area contributed by atoms with Gasteiger partial charge in [-0.2, -0.15) is 0 Å². The molecule has 0 saturated carbocycles. The molecule has 1 N–H and O–H groups in total. The Morgan fingerprint density at radius 3 is 2.12 bits per heavy atom. The molecule has 0 bridgehead atoms. The Kier molecular flexibility index (Phi) is 5.27. The van der Waals surface area contributed by atoms with Crippen molar-refractivity contribution in [3.05, 3.63) is 59.2 Å². The number of carbonyl (C=O) groups is 1. The number of nitrogens with zero attached hydrogens (tertiary/aromatic N) is 2. The minimum absolute atomic E-state index is 0.00889. The second-order valence-corrected chi connectivity index (χ2v) is 6.70. The molecule has 2 aromatic carbocycles. The fourth-order valence-corrected chi connectivity index (χ4v) is 3.46. The van der Waals surface area contributed by atoms with Crippen LogP contribution in [0, 0.1) is 13.8 Å². The van der Waals surface area contributed by atoms with Crippen LogP contribution in [0.15, 0.2) is 42.5 Å². The van der Waals surface area contributed by atoms with Gasteiger partial charge in [-0.05, 0) is 49.1 Å². The van der Waals surface area contributed by atoms with Crippen molar-refractivity contribution in [3.63, 3.8) is 0 Å². The zero-order valence-corrected chi connectivity index (χ0v) is 15.4. The Hall–Kier alpha value is -2.49. The Labute approximate surface area is 150 Å². The van der Waals surface area contributed by atoms with E-state index in [4.69, 9.17) is 0 Å². The summed E-state index contributed by atoms with van der Waals surface area (Å²) in [6, 6.07) is 14.5. The number of benzene rings is 2. The number of carbonyl (C=O) groups excluding carboxylic acids is 1. The van der Waals surface area contributed by atoms with Crippen molar-refractivity contribution >= 4 is 17.4 Å². The first-order valence-electron chi connectivity index (χ1n) is 9.04. The van der Waals surface area contributed by atoms with E-state index in [2.05, 4.69) is 61.3 Å². The summed E-state index contributed by atoms with van der Waals surface area (Å²) in [7, 11) is 0. The molecule has 1 heterocycles. The van der Waals surface area contributed by atoms with Gasteiger partial charge in [-0.15, -0.1) is 0 Å². The lowest BCUT2D eigenvalue weighted by atomic mass is 10.1. The first kappa shape index (κ1) is 17.3. The molecule has 2 amide bonds. The van der Waals surface area contributed by atoms with Gasteiger partial charge in [-0.25, -0.2) is 4.79 Å². The molecule has 0 atom stereocenters. The average molecular weight is 337 g/mol. The zero-order chi connectivity index (χ0) is 17.8. The van der Waals surface area contributed by atoms with E-state index in [1.807, 2.05) is 17.0 Å². The van der Waals surface area contributed by atoms with Crippen molar-refractivity contribution in [1.82, 2.24) is 4.90 Å². The molecular formula is C21H27N3O. The minimum atomic E-state index is -0.00889. The lowest BCUT2D eigenvalue weighted by Crippen LogP contribution is -2.50. The number of hydrogen-bond donors (Lipinski definition) is 1. The fourth-order valence-electron chi connectivity index (χ4n) is 3.46. The number of anilines is 2. The SMILES string of the molecule is CCc1ccc(NC(=O)N2CCN(c3c(C)cccc3C)CC2)cc1. The maximum atomic E-state index is 12.5. The van der Waals surface area contributed by atoms with Crippen LogP contribution < -0.4 is 10.2 Å². The highest BCUT2D eigenvalue weighted by Crippen LogP contribution is 2.25. The number of aryl methyl sites for hydroxylation is 3. The summed E-state index contributed by atoms with van der Waals surface area (Å²) in [4.78, 5) is 16.8. The standard InChI is InChI=1S/C21H27N3O/c1-4-18-8-10-19(11-9-18)22-21(25)24-14-12-23(13-15-24)20-16(2)6-5-7-17(20)3/h5-11H,4,12-15H2,1-3H3,(H,22,25). The molecule has 0 unspecified atom stereocenters. The molecule has 1 aliphatic heterocycles. The molecule has 0 spiro atoms. The highest BCUT2D eigenvalue weighted by atomic mass is 16.2. The van der Waals surface area contributed by atoms with Crippen molar-refractivity contribution in [2.45, 2.75) is 27.2 Å². The van der Waals surface area contributed by atoms with E-state index in [-0.39, 0.29) is 6.03 Å². The van der Waals surface area contributed by atoms with Gasteiger partial charge in [0.1, 0.15) is 0 Å². The zero-order valence-electron chi connectivity index (χ0n) is 15.4. The lowest BCUT2D eigenvalue weighted by molar-refractivity contribution is 0.208. The highest BCUT2D eigenvalue weighted by Gasteiger charge is 2.22. The Morgan fingerprint density at radius 1 is 0.960 bits per heavy atom. The number of amides is 2. The molecule has 25 heavy (non-hydrogen) atoms. The van der Waals surface area contributed by atoms with Gasteiger partial charge in [0.15, 0.2) is 0 Å². The van der Waals surface area contributed by atoms with Gasteiger partial charge in [0.05, 0.1) is 0 Å². The van der Waals surface area contributed by atoms with Crippen LogP contribution in [0.2, 0.25) is 0 Å². The predicted molar refractivity (Wildman–Crippen MR) is 105 cm³/mol. The highest BCUT2D eigenvalue weighted by molar-refractivity contribution is 5.89. The first-order valence-corrected chi connectivity index (χ1v) is 9.04. The van der Waals surface area contributed by atoms with E-state index < -0.39 is 0 Å². The number of nitrogens with one attached hydrogen (secondary N) is 1. The lowest BCUT2D eigenvalue weighted by Gasteiger charge is -2.37.